The van der Waals surface area contributed by atoms with Crippen molar-refractivity contribution in [3.63, 3.8) is 0 Å². The number of hydrogen-bond donors (Lipinski definition) is 1. The summed E-state index contributed by atoms with van der Waals surface area (Å²) in [5.41, 5.74) is 0.844. The van der Waals surface area contributed by atoms with Gasteiger partial charge in [-0.25, -0.2) is 0 Å². The molecule has 0 saturated carbocycles. The number of carbonyl (C=O) groups excluding carboxylic acids is 2. The highest BCUT2D eigenvalue weighted by Gasteiger charge is 2.33. The highest BCUT2D eigenvalue weighted by molar-refractivity contribution is 6.33. The number of benzene rings is 2. The molecule has 35 heavy (non-hydrogen) atoms. The maximum absolute atomic E-state index is 13.0. The Morgan fingerprint density at radius 2 is 1.91 bits per heavy atom. The molecule has 1 atom stereocenters. The Balaban J connectivity index is 1.49. The monoisotopic (exact) mass is 506 g/mol. The number of carbonyl (C=O) groups is 2. The van der Waals surface area contributed by atoms with Crippen LogP contribution >= 0.6 is 11.6 Å². The summed E-state index contributed by atoms with van der Waals surface area (Å²) in [4.78, 5) is 27.4. The molecule has 0 radical (unpaired) electrons. The lowest BCUT2D eigenvalue weighted by atomic mass is 10.0. The van der Waals surface area contributed by atoms with E-state index in [0.717, 1.165) is 12.8 Å². The number of anilines is 1. The molecular weight excluding hydrogens is 485 g/mol. The van der Waals surface area contributed by atoms with Gasteiger partial charge in [0, 0.05) is 35.8 Å². The molecule has 2 heterocycles. The maximum atomic E-state index is 13.0. The van der Waals surface area contributed by atoms with E-state index in [1.54, 1.807) is 35.5 Å². The van der Waals surface area contributed by atoms with Gasteiger partial charge in [-0.2, -0.15) is 5.10 Å². The number of hydrogen-bond acceptors (Lipinski definition) is 4. The average molecular weight is 507 g/mol. The summed E-state index contributed by atoms with van der Waals surface area (Å²) < 4.78 is 44.0. The van der Waals surface area contributed by atoms with E-state index in [0.29, 0.717) is 24.2 Å². The van der Waals surface area contributed by atoms with Crippen LogP contribution in [0.5, 0.6) is 5.75 Å². The minimum Gasteiger partial charge on any atom is -0.405 e. The van der Waals surface area contributed by atoms with Crippen LogP contribution in [0.1, 0.15) is 19.3 Å². The number of amides is 2. The molecule has 0 spiro atoms. The number of para-hydroxylation sites is 1. The molecule has 1 N–H and O–H groups in total. The summed E-state index contributed by atoms with van der Waals surface area (Å²) in [5, 5.41) is 6.95. The summed E-state index contributed by atoms with van der Waals surface area (Å²) in [6, 6.07) is 11.2. The fourth-order valence-electron chi connectivity index (χ4n) is 4.07. The molecule has 0 aliphatic carbocycles. The van der Waals surface area contributed by atoms with E-state index in [4.69, 9.17) is 11.6 Å². The first-order valence-corrected chi connectivity index (χ1v) is 11.3. The van der Waals surface area contributed by atoms with Gasteiger partial charge in [0.25, 0.3) is 0 Å². The van der Waals surface area contributed by atoms with E-state index in [2.05, 4.69) is 15.2 Å². The first kappa shape index (κ1) is 24.6. The van der Waals surface area contributed by atoms with Crippen molar-refractivity contribution in [1.29, 1.82) is 0 Å². The second-order valence-electron chi connectivity index (χ2n) is 8.03. The van der Waals surface area contributed by atoms with Crippen LogP contribution in [0.25, 0.3) is 11.1 Å². The quantitative estimate of drug-likeness (QED) is 0.503. The minimum atomic E-state index is -4.85. The van der Waals surface area contributed by atoms with E-state index in [1.807, 2.05) is 0 Å². The molecule has 2 aromatic carbocycles. The maximum Gasteiger partial charge on any atom is 0.573 e. The van der Waals surface area contributed by atoms with Gasteiger partial charge in [0.1, 0.15) is 18.3 Å². The third-order valence-corrected chi connectivity index (χ3v) is 5.93. The molecule has 4 rings (SSSR count). The SMILES string of the molecule is O=C(Nc1ccc(-c2ccccc2OC(F)(F)F)c(Cl)c1)C1CCCCN1C(=O)Cn1cccn1. The molecule has 1 aliphatic rings. The van der Waals surface area contributed by atoms with Gasteiger partial charge in [-0.1, -0.05) is 35.9 Å². The van der Waals surface area contributed by atoms with Crippen molar-refractivity contribution in [3.05, 3.63) is 65.9 Å². The summed E-state index contributed by atoms with van der Waals surface area (Å²) in [6.45, 7) is 0.505. The number of rotatable bonds is 6. The zero-order valence-corrected chi connectivity index (χ0v) is 19.2. The molecule has 1 fully saturated rings. The van der Waals surface area contributed by atoms with Crippen LogP contribution in [0.15, 0.2) is 60.9 Å². The van der Waals surface area contributed by atoms with Gasteiger partial charge in [-0.05, 0) is 43.5 Å². The summed E-state index contributed by atoms with van der Waals surface area (Å²) >= 11 is 6.37. The molecule has 1 unspecified atom stereocenters. The van der Waals surface area contributed by atoms with Crippen LogP contribution in [0.2, 0.25) is 5.02 Å². The molecule has 7 nitrogen and oxygen atoms in total. The second kappa shape index (κ2) is 10.4. The Bertz CT molecular complexity index is 1200. The van der Waals surface area contributed by atoms with Gasteiger partial charge >= 0.3 is 6.36 Å². The minimum absolute atomic E-state index is 0.0384. The Hall–Kier alpha value is -3.53. The molecule has 184 valence electrons. The number of nitrogens with zero attached hydrogens (tertiary/aromatic N) is 3. The molecule has 1 aliphatic heterocycles. The summed E-state index contributed by atoms with van der Waals surface area (Å²) in [6.07, 6.45) is 0.531. The largest absolute Gasteiger partial charge is 0.573 e. The van der Waals surface area contributed by atoms with E-state index >= 15 is 0 Å². The third kappa shape index (κ3) is 6.13. The lowest BCUT2D eigenvalue weighted by Crippen LogP contribution is -2.51. The van der Waals surface area contributed by atoms with E-state index in [9.17, 15) is 22.8 Å². The van der Waals surface area contributed by atoms with E-state index in [-0.39, 0.29) is 34.7 Å². The Morgan fingerprint density at radius 1 is 1.11 bits per heavy atom. The molecule has 11 heteroatoms. The van der Waals surface area contributed by atoms with Gasteiger partial charge in [0.05, 0.1) is 5.02 Å². The first-order valence-electron chi connectivity index (χ1n) is 10.9. The number of likely N-dealkylation sites (tertiary alicyclic amines) is 1. The van der Waals surface area contributed by atoms with Crippen molar-refractivity contribution < 1.29 is 27.5 Å². The number of piperidine rings is 1. The molecule has 1 saturated heterocycles. The number of ether oxygens (including phenoxy) is 1. The molecule has 0 bridgehead atoms. The van der Waals surface area contributed by atoms with Gasteiger partial charge < -0.3 is 15.0 Å². The average Bonchev–Trinajstić information content (AvgIpc) is 3.32. The summed E-state index contributed by atoms with van der Waals surface area (Å²) in [5.74, 6) is -0.946. The van der Waals surface area contributed by atoms with Crippen LogP contribution in [-0.4, -0.2) is 45.4 Å². The normalized spacial score (nSPS) is 16.1. The Morgan fingerprint density at radius 3 is 2.63 bits per heavy atom. The van der Waals surface area contributed by atoms with Crippen LogP contribution in [0, 0.1) is 0 Å². The van der Waals surface area contributed by atoms with Crippen LogP contribution in [-0.2, 0) is 16.1 Å². The molecule has 1 aromatic heterocycles. The smallest absolute Gasteiger partial charge is 0.405 e. The van der Waals surface area contributed by atoms with Gasteiger partial charge in [-0.15, -0.1) is 13.2 Å². The lowest BCUT2D eigenvalue weighted by Gasteiger charge is -2.34. The fourth-order valence-corrected chi connectivity index (χ4v) is 4.35. The topological polar surface area (TPSA) is 76.5 Å². The predicted octanol–water partition coefficient (Wildman–Crippen LogP) is 5.12. The Labute approximate surface area is 204 Å². The third-order valence-electron chi connectivity index (χ3n) is 5.62. The van der Waals surface area contributed by atoms with Crippen molar-refractivity contribution in [3.8, 4) is 16.9 Å². The second-order valence-corrected chi connectivity index (χ2v) is 8.44. The highest BCUT2D eigenvalue weighted by Crippen LogP contribution is 2.38. The lowest BCUT2D eigenvalue weighted by molar-refractivity contribution is -0.274. The van der Waals surface area contributed by atoms with Crippen molar-refractivity contribution in [1.82, 2.24) is 14.7 Å². The Kier molecular flexibility index (Phi) is 7.30. The standard InChI is InChI=1S/C24H22ClF3N4O3/c25-19-14-16(9-10-17(19)18-6-1-2-8-21(18)35-24(26,27)28)30-23(34)20-7-3-4-13-32(20)22(33)15-31-12-5-11-29-31/h1-2,5-6,8-12,14,20H,3-4,7,13,15H2,(H,30,34). The van der Waals surface area contributed by atoms with E-state index < -0.39 is 12.4 Å². The zero-order chi connectivity index (χ0) is 25.0. The van der Waals surface area contributed by atoms with Crippen molar-refractivity contribution in [2.45, 2.75) is 38.2 Å². The van der Waals surface area contributed by atoms with Gasteiger partial charge in [-0.3, -0.25) is 14.3 Å². The number of halogens is 4. The van der Waals surface area contributed by atoms with Crippen molar-refractivity contribution >= 4 is 29.1 Å². The highest BCUT2D eigenvalue weighted by atomic mass is 35.5. The van der Waals surface area contributed by atoms with Gasteiger partial charge in [0.2, 0.25) is 11.8 Å². The van der Waals surface area contributed by atoms with Crippen molar-refractivity contribution in [2.24, 2.45) is 0 Å². The van der Waals surface area contributed by atoms with Crippen LogP contribution in [0.4, 0.5) is 18.9 Å². The zero-order valence-electron chi connectivity index (χ0n) is 18.5. The van der Waals surface area contributed by atoms with Gasteiger partial charge in [0.15, 0.2) is 0 Å². The number of nitrogens with one attached hydrogen (secondary N) is 1. The molecular formula is C24H22ClF3N4O3. The van der Waals surface area contributed by atoms with Crippen LogP contribution in [0.3, 0.4) is 0 Å². The molecule has 2 amide bonds. The fraction of sp³-hybridized carbons (Fsp3) is 0.292. The van der Waals surface area contributed by atoms with Crippen molar-refractivity contribution in [2.75, 3.05) is 11.9 Å². The first-order chi connectivity index (χ1) is 16.7. The predicted molar refractivity (Wildman–Crippen MR) is 124 cm³/mol. The van der Waals surface area contributed by atoms with Crippen LogP contribution < -0.4 is 10.1 Å². The van der Waals surface area contributed by atoms with E-state index in [1.165, 1.54) is 35.0 Å². The number of alkyl halides is 3. The molecule has 3 aromatic rings. The summed E-state index contributed by atoms with van der Waals surface area (Å²) in [7, 11) is 0. The number of aromatic nitrogens is 2.